The van der Waals surface area contributed by atoms with Crippen molar-refractivity contribution in [1.29, 1.82) is 0 Å². The molecule has 0 aliphatic heterocycles. The average molecular weight is 302 g/mol. The maximum absolute atomic E-state index is 12.1. The molecule has 0 bridgehead atoms. The van der Waals surface area contributed by atoms with Gasteiger partial charge in [-0.05, 0) is 24.8 Å². The molecule has 1 atom stereocenters. The molecule has 0 fully saturated rings. The zero-order valence-corrected chi connectivity index (χ0v) is 13.7. The van der Waals surface area contributed by atoms with Crippen LogP contribution in [0.1, 0.15) is 47.3 Å². The van der Waals surface area contributed by atoms with Crippen molar-refractivity contribution in [3.05, 3.63) is 51.5 Å². The largest absolute Gasteiger partial charge is 0.351 e. The Morgan fingerprint density at radius 2 is 2.05 bits per heavy atom. The fourth-order valence-electron chi connectivity index (χ4n) is 2.36. The molecule has 0 aliphatic carbocycles. The van der Waals surface area contributed by atoms with E-state index in [2.05, 4.69) is 36.3 Å². The van der Waals surface area contributed by atoms with Crippen molar-refractivity contribution in [3.63, 3.8) is 0 Å². The number of aryl methyl sites for hydroxylation is 2. The SMILES string of the molecule is CCc1nc(C)sc1CNC(=O)C[C@@H](C)c1ccccc1. The first-order chi connectivity index (χ1) is 10.1. The van der Waals surface area contributed by atoms with E-state index in [0.29, 0.717) is 13.0 Å². The van der Waals surface area contributed by atoms with Gasteiger partial charge in [-0.25, -0.2) is 4.98 Å². The van der Waals surface area contributed by atoms with E-state index in [4.69, 9.17) is 0 Å². The highest BCUT2D eigenvalue weighted by Crippen LogP contribution is 2.20. The number of carbonyl (C=O) groups excluding carboxylic acids is 1. The summed E-state index contributed by atoms with van der Waals surface area (Å²) in [6, 6.07) is 10.2. The number of nitrogens with zero attached hydrogens (tertiary/aromatic N) is 1. The minimum absolute atomic E-state index is 0.0967. The van der Waals surface area contributed by atoms with Crippen LogP contribution in [0.4, 0.5) is 0 Å². The van der Waals surface area contributed by atoms with E-state index in [0.717, 1.165) is 17.1 Å². The van der Waals surface area contributed by atoms with Gasteiger partial charge >= 0.3 is 0 Å². The van der Waals surface area contributed by atoms with Crippen molar-refractivity contribution in [1.82, 2.24) is 10.3 Å². The summed E-state index contributed by atoms with van der Waals surface area (Å²) < 4.78 is 0. The van der Waals surface area contributed by atoms with Gasteiger partial charge in [-0.3, -0.25) is 4.79 Å². The summed E-state index contributed by atoms with van der Waals surface area (Å²) in [6.07, 6.45) is 1.43. The Kier molecular flexibility index (Phi) is 5.51. The lowest BCUT2D eigenvalue weighted by atomic mass is 9.98. The van der Waals surface area contributed by atoms with Gasteiger partial charge < -0.3 is 5.32 Å². The molecule has 1 aromatic carbocycles. The van der Waals surface area contributed by atoms with E-state index in [1.807, 2.05) is 25.1 Å². The van der Waals surface area contributed by atoms with Crippen molar-refractivity contribution in [2.75, 3.05) is 0 Å². The number of hydrogen-bond acceptors (Lipinski definition) is 3. The van der Waals surface area contributed by atoms with E-state index in [-0.39, 0.29) is 11.8 Å². The van der Waals surface area contributed by atoms with Gasteiger partial charge in [0.1, 0.15) is 0 Å². The number of benzene rings is 1. The molecule has 0 aliphatic rings. The van der Waals surface area contributed by atoms with Crippen molar-refractivity contribution in [2.45, 2.75) is 46.1 Å². The lowest BCUT2D eigenvalue weighted by molar-refractivity contribution is -0.121. The maximum atomic E-state index is 12.1. The number of amides is 1. The number of thiazole rings is 1. The molecule has 21 heavy (non-hydrogen) atoms. The fraction of sp³-hybridized carbons (Fsp3) is 0.412. The molecular weight excluding hydrogens is 280 g/mol. The summed E-state index contributed by atoms with van der Waals surface area (Å²) in [7, 11) is 0. The maximum Gasteiger partial charge on any atom is 0.220 e. The van der Waals surface area contributed by atoms with Crippen molar-refractivity contribution < 1.29 is 4.79 Å². The Bertz CT molecular complexity index is 592. The smallest absolute Gasteiger partial charge is 0.220 e. The van der Waals surface area contributed by atoms with Crippen LogP contribution >= 0.6 is 11.3 Å². The topological polar surface area (TPSA) is 42.0 Å². The number of carbonyl (C=O) groups is 1. The molecule has 1 aromatic heterocycles. The normalized spacial score (nSPS) is 12.1. The van der Waals surface area contributed by atoms with E-state index in [1.54, 1.807) is 11.3 Å². The highest BCUT2D eigenvalue weighted by atomic mass is 32.1. The minimum Gasteiger partial charge on any atom is -0.351 e. The molecule has 0 unspecified atom stereocenters. The molecule has 0 radical (unpaired) electrons. The van der Waals surface area contributed by atoms with Gasteiger partial charge in [-0.15, -0.1) is 11.3 Å². The van der Waals surface area contributed by atoms with Gasteiger partial charge in [0.2, 0.25) is 5.91 Å². The summed E-state index contributed by atoms with van der Waals surface area (Å²) in [5.74, 6) is 0.333. The van der Waals surface area contributed by atoms with E-state index in [9.17, 15) is 4.79 Å². The van der Waals surface area contributed by atoms with Crippen LogP contribution in [-0.4, -0.2) is 10.9 Å². The highest BCUT2D eigenvalue weighted by molar-refractivity contribution is 7.11. The molecule has 1 N–H and O–H groups in total. The van der Waals surface area contributed by atoms with Crippen molar-refractivity contribution >= 4 is 17.2 Å². The summed E-state index contributed by atoms with van der Waals surface area (Å²) in [6.45, 7) is 6.78. The summed E-state index contributed by atoms with van der Waals surface area (Å²) >= 11 is 1.67. The van der Waals surface area contributed by atoms with Gasteiger partial charge in [0.25, 0.3) is 0 Å². The van der Waals surface area contributed by atoms with Crippen LogP contribution in [-0.2, 0) is 17.8 Å². The summed E-state index contributed by atoms with van der Waals surface area (Å²) in [5, 5.41) is 4.08. The van der Waals surface area contributed by atoms with E-state index < -0.39 is 0 Å². The monoisotopic (exact) mass is 302 g/mol. The molecule has 1 amide bonds. The first-order valence-electron chi connectivity index (χ1n) is 7.37. The third-order valence-corrected chi connectivity index (χ3v) is 4.54. The van der Waals surface area contributed by atoms with Gasteiger partial charge in [0.05, 0.1) is 17.2 Å². The predicted molar refractivity (Wildman–Crippen MR) is 87.5 cm³/mol. The van der Waals surface area contributed by atoms with Crippen LogP contribution in [0.25, 0.3) is 0 Å². The Hall–Kier alpha value is -1.68. The zero-order chi connectivity index (χ0) is 15.2. The number of nitrogens with one attached hydrogen (secondary N) is 1. The van der Waals surface area contributed by atoms with Crippen LogP contribution in [0, 0.1) is 6.92 Å². The molecule has 0 saturated heterocycles. The quantitative estimate of drug-likeness (QED) is 0.881. The minimum atomic E-state index is 0.0967. The molecule has 2 rings (SSSR count). The fourth-order valence-corrected chi connectivity index (χ4v) is 3.32. The van der Waals surface area contributed by atoms with Crippen LogP contribution in [0.5, 0.6) is 0 Å². The molecular formula is C17H22N2OS. The van der Waals surface area contributed by atoms with Crippen LogP contribution in [0.15, 0.2) is 30.3 Å². The third-order valence-electron chi connectivity index (χ3n) is 3.53. The van der Waals surface area contributed by atoms with Gasteiger partial charge in [-0.2, -0.15) is 0 Å². The average Bonchev–Trinajstić information content (AvgIpc) is 2.86. The summed E-state index contributed by atoms with van der Waals surface area (Å²) in [4.78, 5) is 17.7. The second-order valence-electron chi connectivity index (χ2n) is 5.25. The van der Waals surface area contributed by atoms with Crippen molar-refractivity contribution in [2.24, 2.45) is 0 Å². The molecule has 112 valence electrons. The van der Waals surface area contributed by atoms with E-state index >= 15 is 0 Å². The van der Waals surface area contributed by atoms with Gasteiger partial charge in [0.15, 0.2) is 0 Å². The van der Waals surface area contributed by atoms with Gasteiger partial charge in [-0.1, -0.05) is 44.2 Å². The summed E-state index contributed by atoms with van der Waals surface area (Å²) in [5.41, 5.74) is 2.31. The Labute approximate surface area is 130 Å². The molecule has 0 saturated carbocycles. The molecule has 0 spiro atoms. The van der Waals surface area contributed by atoms with E-state index in [1.165, 1.54) is 10.4 Å². The third kappa shape index (κ3) is 4.39. The first kappa shape index (κ1) is 15.7. The number of rotatable bonds is 6. The van der Waals surface area contributed by atoms with Gasteiger partial charge in [0, 0.05) is 11.3 Å². The zero-order valence-electron chi connectivity index (χ0n) is 12.8. The van der Waals surface area contributed by atoms with Crippen molar-refractivity contribution in [3.8, 4) is 0 Å². The molecule has 3 nitrogen and oxygen atoms in total. The molecule has 2 aromatic rings. The molecule has 4 heteroatoms. The second-order valence-corrected chi connectivity index (χ2v) is 6.54. The number of aromatic nitrogens is 1. The lowest BCUT2D eigenvalue weighted by Gasteiger charge is -2.11. The Balaban J connectivity index is 1.87. The molecule has 1 heterocycles. The Morgan fingerprint density at radius 1 is 1.33 bits per heavy atom. The lowest BCUT2D eigenvalue weighted by Crippen LogP contribution is -2.24. The highest BCUT2D eigenvalue weighted by Gasteiger charge is 2.12. The second kappa shape index (κ2) is 7.36. The predicted octanol–water partition coefficient (Wildman–Crippen LogP) is 3.82. The number of hydrogen-bond donors (Lipinski definition) is 1. The van der Waals surface area contributed by atoms with Crippen LogP contribution < -0.4 is 5.32 Å². The first-order valence-corrected chi connectivity index (χ1v) is 8.18. The standard InChI is InChI=1S/C17H22N2OS/c1-4-15-16(21-13(3)19-15)11-18-17(20)10-12(2)14-8-6-5-7-9-14/h5-9,12H,4,10-11H2,1-3H3,(H,18,20)/t12-/m1/s1. The van der Waals surface area contributed by atoms with Crippen LogP contribution in [0.3, 0.4) is 0 Å². The van der Waals surface area contributed by atoms with Crippen LogP contribution in [0.2, 0.25) is 0 Å². The Morgan fingerprint density at radius 3 is 2.71 bits per heavy atom.